The summed E-state index contributed by atoms with van der Waals surface area (Å²) in [5, 5.41) is 9.17. The second-order valence-corrected chi connectivity index (χ2v) is 5.95. The van der Waals surface area contributed by atoms with Crippen LogP contribution in [-0.2, 0) is 6.54 Å². The number of aryl methyl sites for hydroxylation is 1. The van der Waals surface area contributed by atoms with Crippen molar-refractivity contribution in [1.29, 1.82) is 0 Å². The number of carbonyl (C=O) groups is 1. The van der Waals surface area contributed by atoms with Crippen LogP contribution < -0.4 is 10.6 Å². The molecule has 106 valence electrons. The molecule has 0 atom stereocenters. The summed E-state index contributed by atoms with van der Waals surface area (Å²) in [6.07, 6.45) is 0. The molecule has 1 aromatic carbocycles. The SMILES string of the molecule is Cc1nc(CNC(=O)c2ccccc2NC(C)C)cs1. The maximum absolute atomic E-state index is 12.3. The van der Waals surface area contributed by atoms with Gasteiger partial charge < -0.3 is 10.6 Å². The van der Waals surface area contributed by atoms with Crippen molar-refractivity contribution in [3.8, 4) is 0 Å². The third-order valence-electron chi connectivity index (χ3n) is 2.71. The van der Waals surface area contributed by atoms with Gasteiger partial charge in [-0.2, -0.15) is 0 Å². The van der Waals surface area contributed by atoms with E-state index in [1.165, 1.54) is 0 Å². The Kier molecular flexibility index (Phi) is 4.74. The van der Waals surface area contributed by atoms with E-state index in [0.29, 0.717) is 12.1 Å². The van der Waals surface area contributed by atoms with E-state index in [4.69, 9.17) is 0 Å². The Bertz CT molecular complexity index is 592. The van der Waals surface area contributed by atoms with Crippen LogP contribution in [0.2, 0.25) is 0 Å². The van der Waals surface area contributed by atoms with E-state index in [1.807, 2.05) is 50.4 Å². The highest BCUT2D eigenvalue weighted by Gasteiger charge is 2.11. The minimum Gasteiger partial charge on any atom is -0.382 e. The van der Waals surface area contributed by atoms with Crippen molar-refractivity contribution in [2.24, 2.45) is 0 Å². The molecule has 0 bridgehead atoms. The highest BCUT2D eigenvalue weighted by atomic mass is 32.1. The predicted molar refractivity (Wildman–Crippen MR) is 83.2 cm³/mol. The lowest BCUT2D eigenvalue weighted by molar-refractivity contribution is 0.0951. The molecule has 20 heavy (non-hydrogen) atoms. The first-order valence-corrected chi connectivity index (χ1v) is 7.49. The first kappa shape index (κ1) is 14.5. The molecule has 5 heteroatoms. The molecule has 0 unspecified atom stereocenters. The van der Waals surface area contributed by atoms with E-state index < -0.39 is 0 Å². The quantitative estimate of drug-likeness (QED) is 0.888. The largest absolute Gasteiger partial charge is 0.382 e. The van der Waals surface area contributed by atoms with Gasteiger partial charge in [0, 0.05) is 17.1 Å². The Morgan fingerprint density at radius 1 is 1.35 bits per heavy atom. The number of anilines is 1. The van der Waals surface area contributed by atoms with Crippen LogP contribution in [0.4, 0.5) is 5.69 Å². The molecule has 1 amide bonds. The summed E-state index contributed by atoms with van der Waals surface area (Å²) in [6.45, 7) is 6.51. The van der Waals surface area contributed by atoms with Gasteiger partial charge in [-0.1, -0.05) is 12.1 Å². The summed E-state index contributed by atoms with van der Waals surface area (Å²) >= 11 is 1.59. The molecule has 0 aliphatic carbocycles. The molecule has 0 radical (unpaired) electrons. The lowest BCUT2D eigenvalue weighted by Gasteiger charge is -2.14. The summed E-state index contributed by atoms with van der Waals surface area (Å²) in [6, 6.07) is 7.82. The number of carbonyl (C=O) groups excluding carboxylic acids is 1. The molecule has 2 rings (SSSR count). The number of nitrogens with one attached hydrogen (secondary N) is 2. The van der Waals surface area contributed by atoms with Gasteiger partial charge in [-0.05, 0) is 32.9 Å². The molecule has 0 saturated carbocycles. The van der Waals surface area contributed by atoms with Gasteiger partial charge in [0.15, 0.2) is 0 Å². The Balaban J connectivity index is 2.05. The second kappa shape index (κ2) is 6.52. The zero-order valence-corrected chi connectivity index (χ0v) is 12.8. The fraction of sp³-hybridized carbons (Fsp3) is 0.333. The van der Waals surface area contributed by atoms with E-state index in [2.05, 4.69) is 15.6 Å². The number of benzene rings is 1. The van der Waals surface area contributed by atoms with Crippen LogP contribution in [-0.4, -0.2) is 16.9 Å². The van der Waals surface area contributed by atoms with E-state index in [-0.39, 0.29) is 11.9 Å². The smallest absolute Gasteiger partial charge is 0.253 e. The second-order valence-electron chi connectivity index (χ2n) is 4.89. The minimum atomic E-state index is -0.0839. The van der Waals surface area contributed by atoms with Crippen molar-refractivity contribution in [2.75, 3.05) is 5.32 Å². The summed E-state index contributed by atoms with van der Waals surface area (Å²) in [4.78, 5) is 16.6. The minimum absolute atomic E-state index is 0.0839. The van der Waals surface area contributed by atoms with E-state index in [0.717, 1.165) is 16.4 Å². The first-order chi connectivity index (χ1) is 9.56. The van der Waals surface area contributed by atoms with Crippen LogP contribution in [0.15, 0.2) is 29.6 Å². The average Bonchev–Trinajstić information content (AvgIpc) is 2.82. The maximum Gasteiger partial charge on any atom is 0.253 e. The molecule has 0 spiro atoms. The lowest BCUT2D eigenvalue weighted by Crippen LogP contribution is -2.25. The fourth-order valence-electron chi connectivity index (χ4n) is 1.87. The molecular weight excluding hydrogens is 270 g/mol. The highest BCUT2D eigenvalue weighted by molar-refractivity contribution is 7.09. The number of para-hydroxylation sites is 1. The van der Waals surface area contributed by atoms with Gasteiger partial charge in [0.05, 0.1) is 22.8 Å². The monoisotopic (exact) mass is 289 g/mol. The number of aromatic nitrogens is 1. The summed E-state index contributed by atoms with van der Waals surface area (Å²) in [7, 11) is 0. The standard InChI is InChI=1S/C15H19N3OS/c1-10(2)17-14-7-5-4-6-13(14)15(19)16-8-12-9-20-11(3)18-12/h4-7,9-10,17H,8H2,1-3H3,(H,16,19). The van der Waals surface area contributed by atoms with Crippen molar-refractivity contribution in [3.05, 3.63) is 45.9 Å². The van der Waals surface area contributed by atoms with Crippen LogP contribution >= 0.6 is 11.3 Å². The molecule has 0 aliphatic rings. The molecule has 2 N–H and O–H groups in total. The van der Waals surface area contributed by atoms with Gasteiger partial charge in [0.1, 0.15) is 0 Å². The third kappa shape index (κ3) is 3.81. The fourth-order valence-corrected chi connectivity index (χ4v) is 2.49. The van der Waals surface area contributed by atoms with Gasteiger partial charge in [-0.15, -0.1) is 11.3 Å². The molecule has 2 aromatic rings. The average molecular weight is 289 g/mol. The first-order valence-electron chi connectivity index (χ1n) is 6.61. The third-order valence-corrected chi connectivity index (χ3v) is 3.53. The Morgan fingerprint density at radius 3 is 2.75 bits per heavy atom. The van der Waals surface area contributed by atoms with Crippen molar-refractivity contribution in [2.45, 2.75) is 33.4 Å². The number of rotatable bonds is 5. The van der Waals surface area contributed by atoms with E-state index in [9.17, 15) is 4.79 Å². The molecule has 0 fully saturated rings. The molecule has 4 nitrogen and oxygen atoms in total. The maximum atomic E-state index is 12.3. The van der Waals surface area contributed by atoms with Crippen molar-refractivity contribution in [3.63, 3.8) is 0 Å². The zero-order chi connectivity index (χ0) is 14.5. The van der Waals surface area contributed by atoms with Gasteiger partial charge in [-0.3, -0.25) is 4.79 Å². The number of thiazole rings is 1. The molecule has 1 aromatic heterocycles. The van der Waals surface area contributed by atoms with E-state index >= 15 is 0 Å². The van der Waals surface area contributed by atoms with Gasteiger partial charge in [0.2, 0.25) is 0 Å². The van der Waals surface area contributed by atoms with Crippen LogP contribution in [0.3, 0.4) is 0 Å². The van der Waals surface area contributed by atoms with Crippen molar-refractivity contribution >= 4 is 22.9 Å². The molecular formula is C15H19N3OS. The van der Waals surface area contributed by atoms with Crippen LogP contribution in [0.1, 0.15) is 34.9 Å². The topological polar surface area (TPSA) is 54.0 Å². The molecule has 0 aliphatic heterocycles. The Hall–Kier alpha value is -1.88. The van der Waals surface area contributed by atoms with Crippen molar-refractivity contribution in [1.82, 2.24) is 10.3 Å². The van der Waals surface area contributed by atoms with E-state index in [1.54, 1.807) is 11.3 Å². The zero-order valence-electron chi connectivity index (χ0n) is 11.9. The number of hydrogen-bond donors (Lipinski definition) is 2. The summed E-state index contributed by atoms with van der Waals surface area (Å²) in [5.74, 6) is -0.0839. The lowest BCUT2D eigenvalue weighted by atomic mass is 10.1. The van der Waals surface area contributed by atoms with Crippen LogP contribution in [0.25, 0.3) is 0 Å². The Labute approximate surface area is 123 Å². The summed E-state index contributed by atoms with van der Waals surface area (Å²) in [5.41, 5.74) is 2.41. The number of hydrogen-bond acceptors (Lipinski definition) is 4. The summed E-state index contributed by atoms with van der Waals surface area (Å²) < 4.78 is 0. The highest BCUT2D eigenvalue weighted by Crippen LogP contribution is 2.16. The molecule has 0 saturated heterocycles. The predicted octanol–water partition coefficient (Wildman–Crippen LogP) is 3.20. The van der Waals surface area contributed by atoms with Crippen LogP contribution in [0.5, 0.6) is 0 Å². The molecule has 1 heterocycles. The normalized spacial score (nSPS) is 10.6. The Morgan fingerprint density at radius 2 is 2.10 bits per heavy atom. The van der Waals surface area contributed by atoms with Gasteiger partial charge in [0.25, 0.3) is 5.91 Å². The van der Waals surface area contributed by atoms with Gasteiger partial charge in [-0.25, -0.2) is 4.98 Å². The number of nitrogens with zero attached hydrogens (tertiary/aromatic N) is 1. The van der Waals surface area contributed by atoms with Crippen LogP contribution in [0, 0.1) is 6.92 Å². The van der Waals surface area contributed by atoms with Crippen molar-refractivity contribution < 1.29 is 4.79 Å². The van der Waals surface area contributed by atoms with Gasteiger partial charge >= 0.3 is 0 Å². The number of amides is 1.